The lowest BCUT2D eigenvalue weighted by atomic mass is 10.2. The molecule has 0 aliphatic heterocycles. The van der Waals surface area contributed by atoms with Crippen LogP contribution >= 0.6 is 0 Å². The van der Waals surface area contributed by atoms with Crippen LogP contribution in [0.5, 0.6) is 0 Å². The smallest absolute Gasteiger partial charge is 0.217 e. The fourth-order valence-electron chi connectivity index (χ4n) is 3.03. The molecule has 0 saturated carbocycles. The Morgan fingerprint density at radius 1 is 1.34 bits per heavy atom. The molecule has 2 rings (SSSR count). The number of amidine groups is 1. The summed E-state index contributed by atoms with van der Waals surface area (Å²) in [5.41, 5.74) is 2.56. The zero-order valence-corrected chi connectivity index (χ0v) is 17.8. The summed E-state index contributed by atoms with van der Waals surface area (Å²) < 4.78 is 15.3. The quantitative estimate of drug-likeness (QED) is 0.490. The van der Waals surface area contributed by atoms with Crippen molar-refractivity contribution < 1.29 is 9.50 Å². The highest BCUT2D eigenvalue weighted by molar-refractivity contribution is 6.04. The number of nitrogens with zero attached hydrogens (tertiary/aromatic N) is 4. The number of imidazole rings is 1. The van der Waals surface area contributed by atoms with Crippen LogP contribution in [-0.2, 0) is 6.54 Å². The second-order valence-electron chi connectivity index (χ2n) is 7.38. The van der Waals surface area contributed by atoms with Crippen molar-refractivity contribution in [1.29, 1.82) is 5.41 Å². The number of aliphatic hydroxyl groups is 1. The van der Waals surface area contributed by atoms with Crippen molar-refractivity contribution in [3.63, 3.8) is 0 Å². The van der Waals surface area contributed by atoms with Gasteiger partial charge in [0.15, 0.2) is 5.84 Å². The summed E-state index contributed by atoms with van der Waals surface area (Å²) in [5, 5.41) is 20.6. The number of benzene rings is 1. The molecule has 0 fully saturated rings. The second-order valence-corrected chi connectivity index (χ2v) is 7.38. The minimum absolute atomic E-state index is 0.0367. The molecule has 0 spiro atoms. The number of halogens is 1. The number of aliphatic imine (C=N–C) groups is 1. The first-order valence-electron chi connectivity index (χ1n) is 9.80. The zero-order chi connectivity index (χ0) is 21.6. The molecule has 8 heteroatoms. The van der Waals surface area contributed by atoms with Gasteiger partial charge in [-0.25, -0.2) is 9.37 Å². The van der Waals surface area contributed by atoms with Crippen molar-refractivity contribution >= 4 is 11.8 Å². The van der Waals surface area contributed by atoms with Crippen LogP contribution in [0.1, 0.15) is 50.2 Å². The van der Waals surface area contributed by atoms with E-state index in [0.29, 0.717) is 24.5 Å². The first kappa shape index (κ1) is 22.5. The summed E-state index contributed by atoms with van der Waals surface area (Å²) in [4.78, 5) is 10.9. The summed E-state index contributed by atoms with van der Waals surface area (Å²) in [5.74, 6) is 0.222. The first-order valence-corrected chi connectivity index (χ1v) is 9.80. The van der Waals surface area contributed by atoms with Crippen molar-refractivity contribution in [2.45, 2.75) is 52.7 Å². The maximum absolute atomic E-state index is 13.2. The standard InChI is InChI=1S/C21H31FN6O/c1-6-18(12-29)25-21(23)26-20(19-15(4)28(13-24-19)14(2)3)27(5)11-16-7-9-17(22)10-8-16/h7-10,13-14,18,29H,6,11-12H2,1-5H3,(H2,23,25)/b26-20+/t18-/m1/s1. The Morgan fingerprint density at radius 3 is 2.52 bits per heavy atom. The van der Waals surface area contributed by atoms with Crippen molar-refractivity contribution in [2.75, 3.05) is 13.7 Å². The van der Waals surface area contributed by atoms with Gasteiger partial charge in [-0.3, -0.25) is 5.41 Å². The second kappa shape index (κ2) is 10.2. The molecule has 1 heterocycles. The highest BCUT2D eigenvalue weighted by atomic mass is 19.1. The maximum Gasteiger partial charge on any atom is 0.217 e. The molecule has 158 valence electrons. The summed E-state index contributed by atoms with van der Waals surface area (Å²) in [6.45, 7) is 8.47. The van der Waals surface area contributed by atoms with E-state index in [1.165, 1.54) is 12.1 Å². The van der Waals surface area contributed by atoms with Crippen LogP contribution < -0.4 is 5.32 Å². The number of guanidine groups is 1. The zero-order valence-electron chi connectivity index (χ0n) is 17.8. The first-order chi connectivity index (χ1) is 13.8. The van der Waals surface area contributed by atoms with Gasteiger partial charge >= 0.3 is 0 Å². The lowest BCUT2D eigenvalue weighted by molar-refractivity contribution is 0.252. The minimum Gasteiger partial charge on any atom is -0.394 e. The van der Waals surface area contributed by atoms with Gasteiger partial charge in [0.2, 0.25) is 5.96 Å². The minimum atomic E-state index is -0.280. The van der Waals surface area contributed by atoms with Crippen LogP contribution in [0, 0.1) is 18.2 Å². The molecule has 29 heavy (non-hydrogen) atoms. The van der Waals surface area contributed by atoms with E-state index in [2.05, 4.69) is 33.7 Å². The van der Waals surface area contributed by atoms with E-state index >= 15 is 0 Å². The van der Waals surface area contributed by atoms with E-state index in [-0.39, 0.29) is 30.5 Å². The monoisotopic (exact) mass is 402 g/mol. The molecular formula is C21H31FN6O. The van der Waals surface area contributed by atoms with E-state index in [1.807, 2.05) is 25.8 Å². The third kappa shape index (κ3) is 5.87. The molecule has 0 aliphatic carbocycles. The number of rotatable bonds is 7. The average molecular weight is 403 g/mol. The molecule has 7 nitrogen and oxygen atoms in total. The van der Waals surface area contributed by atoms with Gasteiger partial charge in [0.25, 0.3) is 0 Å². The van der Waals surface area contributed by atoms with E-state index in [4.69, 9.17) is 5.41 Å². The Morgan fingerprint density at radius 2 is 2.00 bits per heavy atom. The van der Waals surface area contributed by atoms with E-state index in [1.54, 1.807) is 18.5 Å². The lowest BCUT2D eigenvalue weighted by Gasteiger charge is -2.22. The number of aliphatic hydroxyl groups excluding tert-OH is 1. The average Bonchev–Trinajstić information content (AvgIpc) is 3.07. The van der Waals surface area contributed by atoms with Crippen LogP contribution in [0.3, 0.4) is 0 Å². The Kier molecular flexibility index (Phi) is 7.90. The van der Waals surface area contributed by atoms with Crippen molar-refractivity contribution in [2.24, 2.45) is 4.99 Å². The maximum atomic E-state index is 13.2. The predicted molar refractivity (Wildman–Crippen MR) is 114 cm³/mol. The Hall–Kier alpha value is -2.74. The normalized spacial score (nSPS) is 12.9. The predicted octanol–water partition coefficient (Wildman–Crippen LogP) is 3.09. The molecule has 1 aromatic carbocycles. The van der Waals surface area contributed by atoms with Crippen LogP contribution in [0.2, 0.25) is 0 Å². The fraction of sp³-hybridized carbons (Fsp3) is 0.476. The fourth-order valence-corrected chi connectivity index (χ4v) is 3.03. The van der Waals surface area contributed by atoms with Crippen molar-refractivity contribution in [3.8, 4) is 0 Å². The van der Waals surface area contributed by atoms with E-state index in [9.17, 15) is 9.50 Å². The molecule has 3 N–H and O–H groups in total. The van der Waals surface area contributed by atoms with Crippen LogP contribution in [-0.4, -0.2) is 51.0 Å². The Labute approximate surface area is 171 Å². The Bertz CT molecular complexity index is 839. The number of nitrogens with one attached hydrogen (secondary N) is 2. The number of aromatic nitrogens is 2. The van der Waals surface area contributed by atoms with Crippen molar-refractivity contribution in [1.82, 2.24) is 19.8 Å². The largest absolute Gasteiger partial charge is 0.394 e. The molecule has 0 unspecified atom stereocenters. The van der Waals surface area contributed by atoms with E-state index in [0.717, 1.165) is 11.3 Å². The van der Waals surface area contributed by atoms with Crippen LogP contribution in [0.25, 0.3) is 0 Å². The number of hydrogen-bond acceptors (Lipinski definition) is 3. The van der Waals surface area contributed by atoms with Gasteiger partial charge < -0.3 is 19.9 Å². The lowest BCUT2D eigenvalue weighted by Crippen LogP contribution is -2.38. The van der Waals surface area contributed by atoms with Gasteiger partial charge in [-0.15, -0.1) is 0 Å². The molecule has 2 aromatic rings. The SMILES string of the molecule is CC[C@H](CO)NC(=N)/N=C(\c1ncn(C(C)C)c1C)N(C)Cc1ccc(F)cc1. The molecule has 0 bridgehead atoms. The van der Waals surface area contributed by atoms with Gasteiger partial charge in [-0.05, 0) is 44.9 Å². The van der Waals surface area contributed by atoms with E-state index < -0.39 is 0 Å². The summed E-state index contributed by atoms with van der Waals surface area (Å²) in [6.07, 6.45) is 2.45. The molecule has 1 atom stereocenters. The summed E-state index contributed by atoms with van der Waals surface area (Å²) in [7, 11) is 1.87. The van der Waals surface area contributed by atoms with Crippen LogP contribution in [0.15, 0.2) is 35.6 Å². The summed E-state index contributed by atoms with van der Waals surface area (Å²) in [6, 6.07) is 6.32. The van der Waals surface area contributed by atoms with Crippen molar-refractivity contribution in [3.05, 3.63) is 53.4 Å². The van der Waals surface area contributed by atoms with Gasteiger partial charge in [0.1, 0.15) is 11.5 Å². The molecule has 0 saturated heterocycles. The van der Waals surface area contributed by atoms with Gasteiger partial charge in [-0.2, -0.15) is 4.99 Å². The Balaban J connectivity index is 2.37. The molecule has 1 aromatic heterocycles. The third-order valence-electron chi connectivity index (χ3n) is 4.78. The number of hydrogen-bond donors (Lipinski definition) is 3. The van der Waals surface area contributed by atoms with Gasteiger partial charge in [-0.1, -0.05) is 19.1 Å². The molecule has 0 radical (unpaired) electrons. The molecular weight excluding hydrogens is 371 g/mol. The topological polar surface area (TPSA) is 89.5 Å². The molecule has 0 amide bonds. The highest BCUT2D eigenvalue weighted by Crippen LogP contribution is 2.16. The molecule has 0 aliphatic rings. The highest BCUT2D eigenvalue weighted by Gasteiger charge is 2.20. The summed E-state index contributed by atoms with van der Waals surface area (Å²) >= 11 is 0. The third-order valence-corrected chi connectivity index (χ3v) is 4.78. The van der Waals surface area contributed by atoms with Gasteiger partial charge in [0, 0.05) is 25.3 Å². The van der Waals surface area contributed by atoms with Crippen LogP contribution in [0.4, 0.5) is 4.39 Å². The van der Waals surface area contributed by atoms with Gasteiger partial charge in [0.05, 0.1) is 19.0 Å².